The third-order valence-corrected chi connectivity index (χ3v) is 5.35. The van der Waals surface area contributed by atoms with Gasteiger partial charge in [-0.25, -0.2) is 0 Å². The van der Waals surface area contributed by atoms with Gasteiger partial charge in [-0.05, 0) is 31.6 Å². The van der Waals surface area contributed by atoms with Gasteiger partial charge in [-0.1, -0.05) is 0 Å². The normalized spacial score (nSPS) is 23.8. The standard InChI is InChI=1S/C17H24N4O4/c1-20-10-12(9-19-20)15(22)18-8-11-4-6-21(7-5-11)16(23)13-2-3-14(13)17(24)25/h9-11,13-14H,2-8H2,1H3,(H,18,22)(H,24,25). The summed E-state index contributed by atoms with van der Waals surface area (Å²) < 4.78 is 1.59. The highest BCUT2D eigenvalue weighted by atomic mass is 16.4. The molecule has 1 aromatic heterocycles. The Morgan fingerprint density at radius 2 is 1.88 bits per heavy atom. The predicted octanol–water partition coefficient (Wildman–Crippen LogP) is 0.499. The van der Waals surface area contributed by atoms with Crippen molar-refractivity contribution in [2.24, 2.45) is 24.8 Å². The van der Waals surface area contributed by atoms with Crippen molar-refractivity contribution in [3.05, 3.63) is 18.0 Å². The van der Waals surface area contributed by atoms with Crippen molar-refractivity contribution in [1.29, 1.82) is 0 Å². The number of amides is 2. The fraction of sp³-hybridized carbons (Fsp3) is 0.647. The first-order chi connectivity index (χ1) is 12.0. The van der Waals surface area contributed by atoms with Crippen LogP contribution in [0.3, 0.4) is 0 Å². The fourth-order valence-corrected chi connectivity index (χ4v) is 3.56. The lowest BCUT2D eigenvalue weighted by atomic mass is 9.72. The number of carbonyl (C=O) groups excluding carboxylic acids is 2. The minimum Gasteiger partial charge on any atom is -0.481 e. The van der Waals surface area contributed by atoms with Crippen LogP contribution in [0.25, 0.3) is 0 Å². The molecule has 1 saturated heterocycles. The van der Waals surface area contributed by atoms with Gasteiger partial charge in [0.05, 0.1) is 23.6 Å². The van der Waals surface area contributed by atoms with E-state index in [0.29, 0.717) is 44.0 Å². The fourth-order valence-electron chi connectivity index (χ4n) is 3.56. The zero-order chi connectivity index (χ0) is 18.0. The van der Waals surface area contributed by atoms with Gasteiger partial charge in [0.25, 0.3) is 5.91 Å². The van der Waals surface area contributed by atoms with E-state index in [2.05, 4.69) is 10.4 Å². The van der Waals surface area contributed by atoms with Gasteiger partial charge in [-0.15, -0.1) is 0 Å². The minimum atomic E-state index is -0.863. The molecule has 136 valence electrons. The molecule has 25 heavy (non-hydrogen) atoms. The highest BCUT2D eigenvalue weighted by Crippen LogP contribution is 2.36. The van der Waals surface area contributed by atoms with Crippen LogP contribution >= 0.6 is 0 Å². The number of hydrogen-bond donors (Lipinski definition) is 2. The topological polar surface area (TPSA) is 105 Å². The maximum absolute atomic E-state index is 12.4. The molecule has 2 amide bonds. The van der Waals surface area contributed by atoms with Crippen LogP contribution < -0.4 is 5.32 Å². The first-order valence-electron chi connectivity index (χ1n) is 8.74. The summed E-state index contributed by atoms with van der Waals surface area (Å²) in [7, 11) is 1.76. The monoisotopic (exact) mass is 348 g/mol. The molecule has 2 N–H and O–H groups in total. The van der Waals surface area contributed by atoms with Crippen LogP contribution in [0.15, 0.2) is 12.4 Å². The number of carboxylic acid groups (broad SMARTS) is 1. The number of hydrogen-bond acceptors (Lipinski definition) is 4. The van der Waals surface area contributed by atoms with Crippen LogP contribution in [-0.4, -0.2) is 57.2 Å². The molecule has 2 heterocycles. The van der Waals surface area contributed by atoms with E-state index in [1.807, 2.05) is 0 Å². The Balaban J connectivity index is 1.42. The van der Waals surface area contributed by atoms with Crippen molar-refractivity contribution < 1.29 is 19.5 Å². The molecule has 0 bridgehead atoms. The van der Waals surface area contributed by atoms with Crippen molar-refractivity contribution in [1.82, 2.24) is 20.0 Å². The summed E-state index contributed by atoms with van der Waals surface area (Å²) >= 11 is 0. The van der Waals surface area contributed by atoms with Gasteiger partial charge in [0, 0.05) is 32.9 Å². The Labute approximate surface area is 146 Å². The summed E-state index contributed by atoms with van der Waals surface area (Å²) in [6.07, 6.45) is 6.13. The summed E-state index contributed by atoms with van der Waals surface area (Å²) in [5.74, 6) is -1.54. The summed E-state index contributed by atoms with van der Waals surface area (Å²) in [5, 5.41) is 16.0. The van der Waals surface area contributed by atoms with Crippen LogP contribution in [0.4, 0.5) is 0 Å². The number of carbonyl (C=O) groups is 3. The number of aliphatic carboxylic acids is 1. The van der Waals surface area contributed by atoms with Gasteiger partial charge in [0.2, 0.25) is 5.91 Å². The highest BCUT2D eigenvalue weighted by Gasteiger charge is 2.43. The molecule has 1 aliphatic heterocycles. The van der Waals surface area contributed by atoms with Crippen LogP contribution in [0.1, 0.15) is 36.0 Å². The van der Waals surface area contributed by atoms with E-state index in [-0.39, 0.29) is 17.7 Å². The van der Waals surface area contributed by atoms with Crippen LogP contribution in [0, 0.1) is 17.8 Å². The zero-order valence-corrected chi connectivity index (χ0v) is 14.4. The highest BCUT2D eigenvalue weighted by molar-refractivity contribution is 5.93. The van der Waals surface area contributed by atoms with E-state index in [4.69, 9.17) is 5.11 Å². The number of piperidine rings is 1. The SMILES string of the molecule is Cn1cc(C(=O)NCC2CCN(C(=O)C3CCC3C(=O)O)CC2)cn1. The lowest BCUT2D eigenvalue weighted by Gasteiger charge is -2.39. The first kappa shape index (κ1) is 17.4. The van der Waals surface area contributed by atoms with E-state index in [1.54, 1.807) is 22.8 Å². The molecule has 1 aliphatic carbocycles. The second-order valence-corrected chi connectivity index (χ2v) is 7.01. The Morgan fingerprint density at radius 3 is 2.40 bits per heavy atom. The Hall–Kier alpha value is -2.38. The predicted molar refractivity (Wildman–Crippen MR) is 88.7 cm³/mol. The maximum Gasteiger partial charge on any atom is 0.307 e. The second kappa shape index (κ2) is 7.25. The smallest absolute Gasteiger partial charge is 0.307 e. The third-order valence-electron chi connectivity index (χ3n) is 5.35. The van der Waals surface area contributed by atoms with E-state index in [1.165, 1.54) is 6.20 Å². The third kappa shape index (κ3) is 3.83. The number of aryl methyl sites for hydroxylation is 1. The minimum absolute atomic E-state index is 0.0171. The molecule has 1 aromatic rings. The van der Waals surface area contributed by atoms with Crippen LogP contribution in [0.5, 0.6) is 0 Å². The molecule has 2 unspecified atom stereocenters. The molecule has 0 radical (unpaired) electrons. The van der Waals surface area contributed by atoms with Crippen molar-refractivity contribution >= 4 is 17.8 Å². The molecule has 2 fully saturated rings. The van der Waals surface area contributed by atoms with Crippen molar-refractivity contribution in [2.75, 3.05) is 19.6 Å². The number of rotatable bonds is 5. The number of likely N-dealkylation sites (tertiary alicyclic amines) is 1. The molecule has 2 atom stereocenters. The molecular formula is C17H24N4O4. The maximum atomic E-state index is 12.4. The van der Waals surface area contributed by atoms with Gasteiger partial charge < -0.3 is 15.3 Å². The molecule has 0 spiro atoms. The lowest BCUT2D eigenvalue weighted by Crippen LogP contribution is -2.49. The number of carboxylic acids is 1. The second-order valence-electron chi connectivity index (χ2n) is 7.01. The summed E-state index contributed by atoms with van der Waals surface area (Å²) in [4.78, 5) is 37.3. The summed E-state index contributed by atoms with van der Waals surface area (Å²) in [6.45, 7) is 1.85. The largest absolute Gasteiger partial charge is 0.481 e. The van der Waals surface area contributed by atoms with Crippen molar-refractivity contribution in [2.45, 2.75) is 25.7 Å². The Morgan fingerprint density at radius 1 is 1.20 bits per heavy atom. The van der Waals surface area contributed by atoms with Gasteiger partial charge in [0.1, 0.15) is 0 Å². The van der Waals surface area contributed by atoms with E-state index in [0.717, 1.165) is 12.8 Å². The van der Waals surface area contributed by atoms with E-state index >= 15 is 0 Å². The van der Waals surface area contributed by atoms with Crippen LogP contribution in [0.2, 0.25) is 0 Å². The summed E-state index contributed by atoms with van der Waals surface area (Å²) in [6, 6.07) is 0. The Kier molecular flexibility index (Phi) is 5.06. The average Bonchev–Trinajstić information content (AvgIpc) is 2.98. The number of nitrogens with zero attached hydrogens (tertiary/aromatic N) is 3. The molecule has 8 nitrogen and oxygen atoms in total. The first-order valence-corrected chi connectivity index (χ1v) is 8.74. The van der Waals surface area contributed by atoms with Gasteiger partial charge in [0.15, 0.2) is 0 Å². The van der Waals surface area contributed by atoms with Gasteiger partial charge in [-0.3, -0.25) is 19.1 Å². The quantitative estimate of drug-likeness (QED) is 0.806. The number of aromatic nitrogens is 2. The zero-order valence-electron chi connectivity index (χ0n) is 14.4. The molecular weight excluding hydrogens is 324 g/mol. The molecule has 8 heteroatoms. The molecule has 3 rings (SSSR count). The van der Waals surface area contributed by atoms with E-state index < -0.39 is 11.9 Å². The van der Waals surface area contributed by atoms with Crippen molar-refractivity contribution in [3.63, 3.8) is 0 Å². The average molecular weight is 348 g/mol. The van der Waals surface area contributed by atoms with Gasteiger partial charge in [-0.2, -0.15) is 5.10 Å². The van der Waals surface area contributed by atoms with Gasteiger partial charge >= 0.3 is 5.97 Å². The molecule has 0 aromatic carbocycles. The van der Waals surface area contributed by atoms with E-state index in [9.17, 15) is 14.4 Å². The number of nitrogens with one attached hydrogen (secondary N) is 1. The molecule has 1 saturated carbocycles. The van der Waals surface area contributed by atoms with Crippen LogP contribution in [-0.2, 0) is 16.6 Å². The lowest BCUT2D eigenvalue weighted by molar-refractivity contribution is -0.157. The van der Waals surface area contributed by atoms with Crippen molar-refractivity contribution in [3.8, 4) is 0 Å². The Bertz CT molecular complexity index is 663. The molecule has 2 aliphatic rings. The summed E-state index contributed by atoms with van der Waals surface area (Å²) in [5.41, 5.74) is 0.541.